The summed E-state index contributed by atoms with van der Waals surface area (Å²) in [6.45, 7) is 1.68. The Balaban J connectivity index is 1.99. The van der Waals surface area contributed by atoms with Crippen molar-refractivity contribution in [1.29, 1.82) is 0 Å². The predicted octanol–water partition coefficient (Wildman–Crippen LogP) is 4.48. The third kappa shape index (κ3) is 2.79. The molecular formula is C20H16FN3O. The van der Waals surface area contributed by atoms with Gasteiger partial charge in [0.1, 0.15) is 5.82 Å². The Kier molecular flexibility index (Phi) is 3.78. The highest BCUT2D eigenvalue weighted by Crippen LogP contribution is 2.37. The molecule has 0 spiro atoms. The van der Waals surface area contributed by atoms with Crippen LogP contribution in [-0.2, 0) is 0 Å². The summed E-state index contributed by atoms with van der Waals surface area (Å²) in [5, 5.41) is 9.83. The van der Waals surface area contributed by atoms with E-state index in [9.17, 15) is 9.50 Å². The second-order valence-electron chi connectivity index (χ2n) is 5.93. The second kappa shape index (κ2) is 6.11. The third-order valence-corrected chi connectivity index (χ3v) is 4.18. The number of fused-ring (bicyclic) bond motifs is 1. The summed E-state index contributed by atoms with van der Waals surface area (Å²) in [5.74, 6) is -0.279. The average Bonchev–Trinajstić information content (AvgIpc) is 3.02. The van der Waals surface area contributed by atoms with Crippen LogP contribution in [0.2, 0.25) is 0 Å². The summed E-state index contributed by atoms with van der Waals surface area (Å²) in [6, 6.07) is 13.9. The number of nitrogens with one attached hydrogen (secondary N) is 1. The van der Waals surface area contributed by atoms with E-state index in [1.807, 2.05) is 24.3 Å². The van der Waals surface area contributed by atoms with Gasteiger partial charge in [-0.25, -0.2) is 4.39 Å². The standard InChI is InChI=1S/C20H16FN3O/c1-12(25)17-11-14(8-10-22-17)19-18(13-4-6-15(21)7-5-13)20-16(24-19)3-2-9-23-20/h2-12,24-25H,1H3/t12-/m1/s1. The number of H-pyrrole nitrogens is 1. The van der Waals surface area contributed by atoms with Crippen LogP contribution >= 0.6 is 0 Å². The van der Waals surface area contributed by atoms with Crippen LogP contribution in [0.5, 0.6) is 0 Å². The van der Waals surface area contributed by atoms with E-state index in [-0.39, 0.29) is 5.82 Å². The first-order valence-electron chi connectivity index (χ1n) is 8.00. The highest BCUT2D eigenvalue weighted by molar-refractivity contribution is 6.01. The lowest BCUT2D eigenvalue weighted by Crippen LogP contribution is -1.95. The maximum absolute atomic E-state index is 13.3. The molecule has 5 heteroatoms. The van der Waals surface area contributed by atoms with Crippen molar-refractivity contribution >= 4 is 11.0 Å². The maximum Gasteiger partial charge on any atom is 0.123 e. The van der Waals surface area contributed by atoms with E-state index in [0.29, 0.717) is 5.69 Å². The number of hydrogen-bond acceptors (Lipinski definition) is 3. The van der Waals surface area contributed by atoms with Gasteiger partial charge < -0.3 is 10.1 Å². The Hall–Kier alpha value is -3.05. The van der Waals surface area contributed by atoms with E-state index in [0.717, 1.165) is 33.4 Å². The normalized spacial score (nSPS) is 12.4. The average molecular weight is 333 g/mol. The van der Waals surface area contributed by atoms with Gasteiger partial charge in [0, 0.05) is 23.5 Å². The van der Waals surface area contributed by atoms with Gasteiger partial charge in [0.25, 0.3) is 0 Å². The zero-order chi connectivity index (χ0) is 17.4. The number of halogens is 1. The van der Waals surface area contributed by atoms with Crippen LogP contribution in [0.15, 0.2) is 60.9 Å². The lowest BCUT2D eigenvalue weighted by molar-refractivity contribution is 0.194. The number of aliphatic hydroxyl groups excluding tert-OH is 1. The van der Waals surface area contributed by atoms with Gasteiger partial charge in [0.15, 0.2) is 0 Å². The molecule has 0 bridgehead atoms. The van der Waals surface area contributed by atoms with Gasteiger partial charge in [-0.3, -0.25) is 9.97 Å². The van der Waals surface area contributed by atoms with E-state index in [1.54, 1.807) is 31.5 Å². The molecule has 3 heterocycles. The molecule has 4 aromatic rings. The number of hydrogen-bond donors (Lipinski definition) is 2. The van der Waals surface area contributed by atoms with Gasteiger partial charge in [-0.1, -0.05) is 12.1 Å². The Morgan fingerprint density at radius 2 is 1.80 bits per heavy atom. The molecule has 0 aliphatic heterocycles. The first-order chi connectivity index (χ1) is 12.1. The van der Waals surface area contributed by atoms with E-state index < -0.39 is 6.10 Å². The summed E-state index contributed by atoms with van der Waals surface area (Å²) in [5.41, 5.74) is 5.84. The van der Waals surface area contributed by atoms with E-state index >= 15 is 0 Å². The SMILES string of the molecule is C[C@@H](O)c1cc(-c2[nH]c3cccnc3c2-c2ccc(F)cc2)ccn1. The van der Waals surface area contributed by atoms with E-state index in [2.05, 4.69) is 15.0 Å². The molecule has 124 valence electrons. The van der Waals surface area contributed by atoms with E-state index in [1.165, 1.54) is 12.1 Å². The second-order valence-corrected chi connectivity index (χ2v) is 5.93. The fourth-order valence-corrected chi connectivity index (χ4v) is 2.97. The monoisotopic (exact) mass is 333 g/mol. The van der Waals surface area contributed by atoms with Gasteiger partial charge in [-0.05, 0) is 48.9 Å². The van der Waals surface area contributed by atoms with Crippen LogP contribution in [0.25, 0.3) is 33.4 Å². The van der Waals surface area contributed by atoms with Crippen molar-refractivity contribution in [3.63, 3.8) is 0 Å². The molecule has 0 aliphatic carbocycles. The van der Waals surface area contributed by atoms with Crippen molar-refractivity contribution in [1.82, 2.24) is 15.0 Å². The van der Waals surface area contributed by atoms with Crippen LogP contribution in [0.1, 0.15) is 18.7 Å². The summed E-state index contributed by atoms with van der Waals surface area (Å²) < 4.78 is 13.3. The minimum atomic E-state index is -0.656. The number of benzene rings is 1. The molecule has 0 amide bonds. The zero-order valence-electron chi connectivity index (χ0n) is 13.6. The molecule has 0 fully saturated rings. The van der Waals surface area contributed by atoms with Gasteiger partial charge >= 0.3 is 0 Å². The summed E-state index contributed by atoms with van der Waals surface area (Å²) in [6.07, 6.45) is 2.75. The topological polar surface area (TPSA) is 61.8 Å². The van der Waals surface area contributed by atoms with Gasteiger partial charge in [0.2, 0.25) is 0 Å². The number of aromatic amines is 1. The van der Waals surface area contributed by atoms with Crippen LogP contribution in [0, 0.1) is 5.82 Å². The Bertz CT molecular complexity index is 1040. The minimum Gasteiger partial charge on any atom is -0.387 e. The first-order valence-corrected chi connectivity index (χ1v) is 8.00. The van der Waals surface area contributed by atoms with Crippen molar-refractivity contribution in [2.75, 3.05) is 0 Å². The summed E-state index contributed by atoms with van der Waals surface area (Å²) in [4.78, 5) is 12.1. The molecule has 25 heavy (non-hydrogen) atoms. The molecule has 4 rings (SSSR count). The molecule has 3 aromatic heterocycles. The molecule has 1 atom stereocenters. The highest BCUT2D eigenvalue weighted by atomic mass is 19.1. The van der Waals surface area contributed by atoms with Gasteiger partial charge in [0.05, 0.1) is 28.5 Å². The molecule has 0 saturated carbocycles. The van der Waals surface area contributed by atoms with Crippen LogP contribution < -0.4 is 0 Å². The molecule has 2 N–H and O–H groups in total. The fraction of sp³-hybridized carbons (Fsp3) is 0.100. The smallest absolute Gasteiger partial charge is 0.123 e. The van der Waals surface area contributed by atoms with E-state index in [4.69, 9.17) is 0 Å². The van der Waals surface area contributed by atoms with Crippen molar-refractivity contribution in [2.45, 2.75) is 13.0 Å². The quantitative estimate of drug-likeness (QED) is 0.581. The maximum atomic E-state index is 13.3. The molecule has 0 unspecified atom stereocenters. The van der Waals surface area contributed by atoms with Crippen LogP contribution in [-0.4, -0.2) is 20.1 Å². The molecular weight excluding hydrogens is 317 g/mol. The first kappa shape index (κ1) is 15.5. The number of rotatable bonds is 3. The zero-order valence-corrected chi connectivity index (χ0v) is 13.6. The molecule has 1 aromatic carbocycles. The predicted molar refractivity (Wildman–Crippen MR) is 95.4 cm³/mol. The fourth-order valence-electron chi connectivity index (χ4n) is 2.97. The Labute approximate surface area is 144 Å². The number of pyridine rings is 2. The van der Waals surface area contributed by atoms with Crippen molar-refractivity contribution in [3.05, 3.63) is 72.4 Å². The lowest BCUT2D eigenvalue weighted by Gasteiger charge is -2.08. The lowest BCUT2D eigenvalue weighted by atomic mass is 10.00. The Morgan fingerprint density at radius 3 is 2.56 bits per heavy atom. The summed E-state index contributed by atoms with van der Waals surface area (Å²) in [7, 11) is 0. The molecule has 0 radical (unpaired) electrons. The Morgan fingerprint density at radius 1 is 1.00 bits per heavy atom. The molecule has 0 saturated heterocycles. The largest absolute Gasteiger partial charge is 0.387 e. The van der Waals surface area contributed by atoms with Crippen molar-refractivity contribution in [2.24, 2.45) is 0 Å². The minimum absolute atomic E-state index is 0.279. The van der Waals surface area contributed by atoms with Gasteiger partial charge in [-0.15, -0.1) is 0 Å². The van der Waals surface area contributed by atoms with Crippen LogP contribution in [0.4, 0.5) is 4.39 Å². The number of aliphatic hydroxyl groups is 1. The molecule has 4 nitrogen and oxygen atoms in total. The molecule has 0 aliphatic rings. The highest BCUT2D eigenvalue weighted by Gasteiger charge is 2.17. The number of nitrogens with zero attached hydrogens (tertiary/aromatic N) is 2. The van der Waals surface area contributed by atoms with Crippen molar-refractivity contribution in [3.8, 4) is 22.4 Å². The van der Waals surface area contributed by atoms with Crippen LogP contribution in [0.3, 0.4) is 0 Å². The third-order valence-electron chi connectivity index (χ3n) is 4.18. The number of aromatic nitrogens is 3. The summed E-state index contributed by atoms with van der Waals surface area (Å²) >= 11 is 0. The van der Waals surface area contributed by atoms with Gasteiger partial charge in [-0.2, -0.15) is 0 Å². The van der Waals surface area contributed by atoms with Crippen molar-refractivity contribution < 1.29 is 9.50 Å².